The standard InChI is InChI=1S/C20H30N2O3.C2HF3O2/c1-15-4-3-5-16(10-15)12-22-8-6-18-17(13-22)14-25-19(18)11-20(23)21-7-9-24-2;3-2(4,5)1(6)7/h3-5,10,17-19H,6-9,11-14H2,1-2H3,(H,21,23);(H,6,7)/t17-,18-,19+;/m1./s1. The Balaban J connectivity index is 0.000000451. The number of halogens is 3. The molecule has 180 valence electrons. The Labute approximate surface area is 185 Å². The normalized spacial score (nSPS) is 23.1. The van der Waals surface area contributed by atoms with Gasteiger partial charge in [0.05, 0.1) is 25.7 Å². The molecule has 1 aromatic rings. The number of likely N-dealkylation sites (tertiary alicyclic amines) is 1. The number of nitrogens with one attached hydrogen (secondary N) is 1. The summed E-state index contributed by atoms with van der Waals surface area (Å²) in [5.74, 6) is -1.62. The van der Waals surface area contributed by atoms with Gasteiger partial charge in [-0.3, -0.25) is 9.69 Å². The number of carbonyl (C=O) groups excluding carboxylic acids is 1. The second-order valence-corrected chi connectivity index (χ2v) is 8.16. The lowest BCUT2D eigenvalue weighted by Crippen LogP contribution is -2.42. The first-order valence-corrected chi connectivity index (χ1v) is 10.6. The highest BCUT2D eigenvalue weighted by molar-refractivity contribution is 5.76. The number of hydrogen-bond acceptors (Lipinski definition) is 5. The number of hydrogen-bond donors (Lipinski definition) is 2. The molecular formula is C22H31F3N2O5. The Morgan fingerprint density at radius 3 is 2.69 bits per heavy atom. The topological polar surface area (TPSA) is 88.1 Å². The van der Waals surface area contributed by atoms with E-state index in [0.29, 0.717) is 31.4 Å². The van der Waals surface area contributed by atoms with Crippen LogP contribution in [0.4, 0.5) is 13.2 Å². The van der Waals surface area contributed by atoms with Crippen molar-refractivity contribution in [2.45, 2.75) is 38.6 Å². The number of ether oxygens (including phenoxy) is 2. The second-order valence-electron chi connectivity index (χ2n) is 8.16. The van der Waals surface area contributed by atoms with Crippen LogP contribution in [0.5, 0.6) is 0 Å². The third-order valence-electron chi connectivity index (χ3n) is 5.62. The zero-order valence-electron chi connectivity index (χ0n) is 18.4. The smallest absolute Gasteiger partial charge is 0.475 e. The van der Waals surface area contributed by atoms with Gasteiger partial charge in [-0.05, 0) is 31.4 Å². The number of methoxy groups -OCH3 is 1. The van der Waals surface area contributed by atoms with Crippen LogP contribution in [0.3, 0.4) is 0 Å². The Morgan fingerprint density at radius 2 is 2.06 bits per heavy atom. The molecule has 1 amide bonds. The van der Waals surface area contributed by atoms with Gasteiger partial charge >= 0.3 is 12.1 Å². The first kappa shape index (κ1) is 26.1. The molecule has 0 unspecified atom stereocenters. The average Bonchev–Trinajstić information content (AvgIpc) is 3.10. The van der Waals surface area contributed by atoms with E-state index >= 15 is 0 Å². The van der Waals surface area contributed by atoms with Crippen LogP contribution in [0, 0.1) is 18.8 Å². The summed E-state index contributed by atoms with van der Waals surface area (Å²) >= 11 is 0. The van der Waals surface area contributed by atoms with Gasteiger partial charge < -0.3 is 19.9 Å². The Kier molecular flexibility index (Phi) is 9.92. The zero-order valence-corrected chi connectivity index (χ0v) is 18.4. The van der Waals surface area contributed by atoms with Crippen molar-refractivity contribution in [3.05, 3.63) is 35.4 Å². The number of fused-ring (bicyclic) bond motifs is 1. The van der Waals surface area contributed by atoms with Crippen LogP contribution in [0.25, 0.3) is 0 Å². The van der Waals surface area contributed by atoms with E-state index in [1.807, 2.05) is 0 Å². The SMILES string of the molecule is COCCNC(=O)C[C@@H]1OC[C@H]2CN(Cc3cccc(C)c3)CC[C@H]21.O=C(O)C(F)(F)F. The monoisotopic (exact) mass is 460 g/mol. The van der Waals surface area contributed by atoms with E-state index in [2.05, 4.69) is 41.4 Å². The molecule has 2 aliphatic heterocycles. The molecule has 0 aliphatic carbocycles. The summed E-state index contributed by atoms with van der Waals surface area (Å²) in [7, 11) is 1.64. The molecule has 2 heterocycles. The van der Waals surface area contributed by atoms with Gasteiger partial charge in [-0.25, -0.2) is 4.79 Å². The number of alkyl halides is 3. The molecule has 7 nitrogen and oxygen atoms in total. The summed E-state index contributed by atoms with van der Waals surface area (Å²) in [6.45, 7) is 7.21. The number of carboxylic acid groups (broad SMARTS) is 1. The number of aliphatic carboxylic acids is 1. The number of carboxylic acids is 1. The van der Waals surface area contributed by atoms with E-state index in [0.717, 1.165) is 32.7 Å². The molecule has 2 fully saturated rings. The Hall–Kier alpha value is -2.17. The minimum Gasteiger partial charge on any atom is -0.475 e. The van der Waals surface area contributed by atoms with Gasteiger partial charge in [0.15, 0.2) is 0 Å². The Morgan fingerprint density at radius 1 is 1.34 bits per heavy atom. The molecule has 0 bridgehead atoms. The zero-order chi connectivity index (χ0) is 23.7. The molecule has 2 N–H and O–H groups in total. The van der Waals surface area contributed by atoms with Gasteiger partial charge in [0.25, 0.3) is 0 Å². The molecule has 0 saturated carbocycles. The van der Waals surface area contributed by atoms with Crippen LogP contribution >= 0.6 is 0 Å². The number of nitrogens with zero attached hydrogens (tertiary/aromatic N) is 1. The van der Waals surface area contributed by atoms with Crippen molar-refractivity contribution < 1.29 is 37.3 Å². The summed E-state index contributed by atoms with van der Waals surface area (Å²) in [4.78, 5) is 23.5. The summed E-state index contributed by atoms with van der Waals surface area (Å²) in [5, 5.41) is 10.0. The minimum atomic E-state index is -5.08. The fourth-order valence-corrected chi connectivity index (χ4v) is 4.13. The van der Waals surface area contributed by atoms with Gasteiger partial charge in [0.1, 0.15) is 0 Å². The number of carbonyl (C=O) groups is 2. The third-order valence-corrected chi connectivity index (χ3v) is 5.62. The molecule has 3 atom stereocenters. The number of benzene rings is 1. The molecule has 1 aromatic carbocycles. The Bertz CT molecular complexity index is 759. The second kappa shape index (κ2) is 12.2. The predicted molar refractivity (Wildman–Crippen MR) is 111 cm³/mol. The van der Waals surface area contributed by atoms with Crippen molar-refractivity contribution >= 4 is 11.9 Å². The van der Waals surface area contributed by atoms with E-state index < -0.39 is 12.1 Å². The van der Waals surface area contributed by atoms with Crippen molar-refractivity contribution in [3.63, 3.8) is 0 Å². The van der Waals surface area contributed by atoms with Crippen LogP contribution in [0.2, 0.25) is 0 Å². The van der Waals surface area contributed by atoms with E-state index in [1.165, 1.54) is 11.1 Å². The maximum Gasteiger partial charge on any atom is 0.490 e. The fourth-order valence-electron chi connectivity index (χ4n) is 4.13. The van der Waals surface area contributed by atoms with Crippen molar-refractivity contribution in [1.82, 2.24) is 10.2 Å². The first-order valence-electron chi connectivity index (χ1n) is 10.6. The molecule has 2 saturated heterocycles. The van der Waals surface area contributed by atoms with Gasteiger partial charge in [-0.1, -0.05) is 29.8 Å². The lowest BCUT2D eigenvalue weighted by Gasteiger charge is -2.35. The maximum absolute atomic E-state index is 12.0. The maximum atomic E-state index is 12.0. The van der Waals surface area contributed by atoms with Crippen molar-refractivity contribution in [3.8, 4) is 0 Å². The van der Waals surface area contributed by atoms with Crippen molar-refractivity contribution in [2.75, 3.05) is 40.0 Å². The average molecular weight is 460 g/mol. The quantitative estimate of drug-likeness (QED) is 0.609. The van der Waals surface area contributed by atoms with E-state index in [-0.39, 0.29) is 12.0 Å². The van der Waals surface area contributed by atoms with Gasteiger partial charge in [-0.15, -0.1) is 0 Å². The molecule has 0 aromatic heterocycles. The predicted octanol–water partition coefficient (Wildman–Crippen LogP) is 2.62. The van der Waals surface area contributed by atoms with Crippen LogP contribution in [-0.2, 0) is 25.6 Å². The molecule has 0 spiro atoms. The number of piperidine rings is 1. The molecule has 10 heteroatoms. The first-order chi connectivity index (χ1) is 15.1. The van der Waals surface area contributed by atoms with Crippen LogP contribution < -0.4 is 5.32 Å². The lowest BCUT2D eigenvalue weighted by molar-refractivity contribution is -0.192. The van der Waals surface area contributed by atoms with E-state index in [9.17, 15) is 18.0 Å². The van der Waals surface area contributed by atoms with Gasteiger partial charge in [0, 0.05) is 32.7 Å². The van der Waals surface area contributed by atoms with Crippen LogP contribution in [0.15, 0.2) is 24.3 Å². The third kappa shape index (κ3) is 8.40. The highest BCUT2D eigenvalue weighted by Crippen LogP contribution is 2.36. The van der Waals surface area contributed by atoms with Crippen LogP contribution in [0.1, 0.15) is 24.0 Å². The van der Waals surface area contributed by atoms with Gasteiger partial charge in [-0.2, -0.15) is 13.2 Å². The number of aryl methyl sites for hydroxylation is 1. The van der Waals surface area contributed by atoms with Crippen molar-refractivity contribution in [2.24, 2.45) is 11.8 Å². The van der Waals surface area contributed by atoms with Crippen molar-refractivity contribution in [1.29, 1.82) is 0 Å². The van der Waals surface area contributed by atoms with Crippen LogP contribution in [-0.4, -0.2) is 74.1 Å². The van der Waals surface area contributed by atoms with E-state index in [1.54, 1.807) is 7.11 Å². The lowest BCUT2D eigenvalue weighted by atomic mass is 9.83. The summed E-state index contributed by atoms with van der Waals surface area (Å²) in [6.07, 6.45) is -3.41. The number of amides is 1. The highest BCUT2D eigenvalue weighted by Gasteiger charge is 2.41. The molecule has 3 rings (SSSR count). The van der Waals surface area contributed by atoms with E-state index in [4.69, 9.17) is 19.4 Å². The number of rotatable bonds is 7. The molecule has 0 radical (unpaired) electrons. The molecule has 32 heavy (non-hydrogen) atoms. The fraction of sp³-hybridized carbons (Fsp3) is 0.636. The molecular weight excluding hydrogens is 429 g/mol. The summed E-state index contributed by atoms with van der Waals surface area (Å²) in [6, 6.07) is 8.75. The largest absolute Gasteiger partial charge is 0.490 e. The minimum absolute atomic E-state index is 0.0740. The highest BCUT2D eigenvalue weighted by atomic mass is 19.4. The van der Waals surface area contributed by atoms with Gasteiger partial charge in [0.2, 0.25) is 5.91 Å². The summed E-state index contributed by atoms with van der Waals surface area (Å²) < 4.78 is 42.7. The molecule has 2 aliphatic rings. The summed E-state index contributed by atoms with van der Waals surface area (Å²) in [5.41, 5.74) is 2.70.